The lowest BCUT2D eigenvalue weighted by atomic mass is 10.3. The molecule has 0 fully saturated rings. The number of aromatic nitrogens is 2. The molecular weight excluding hydrogens is 265 g/mol. The third-order valence-corrected chi connectivity index (χ3v) is 3.20. The summed E-state index contributed by atoms with van der Waals surface area (Å²) in [5, 5.41) is 0. The molecule has 1 heterocycles. The van der Waals surface area contributed by atoms with Crippen molar-refractivity contribution in [2.75, 3.05) is 33.9 Å². The number of likely N-dealkylation sites (N-methyl/N-ethyl adjacent to an activating group) is 1. The Kier molecular flexibility index (Phi) is 4.68. The smallest absolute Gasteiger partial charge is 0.178 e. The fraction of sp³-hybridized carbons (Fsp3) is 0.462. The van der Waals surface area contributed by atoms with Crippen LogP contribution in [0.4, 0.5) is 4.39 Å². The van der Waals surface area contributed by atoms with Gasteiger partial charge in [-0.05, 0) is 44.5 Å². The van der Waals surface area contributed by atoms with Gasteiger partial charge in [0.25, 0.3) is 0 Å². The van der Waals surface area contributed by atoms with Gasteiger partial charge < -0.3 is 19.2 Å². The summed E-state index contributed by atoms with van der Waals surface area (Å²) in [6.45, 7) is 2.74. The molecule has 19 heavy (non-hydrogen) atoms. The zero-order valence-corrected chi connectivity index (χ0v) is 12.0. The van der Waals surface area contributed by atoms with Crippen molar-refractivity contribution in [2.24, 2.45) is 0 Å². The van der Waals surface area contributed by atoms with Crippen LogP contribution in [0.1, 0.15) is 0 Å². The highest BCUT2D eigenvalue weighted by Gasteiger charge is 2.05. The van der Waals surface area contributed by atoms with Crippen molar-refractivity contribution in [2.45, 2.75) is 6.54 Å². The molecule has 1 aromatic carbocycles. The second kappa shape index (κ2) is 6.27. The molecule has 6 heteroatoms. The molecule has 0 amide bonds. The van der Waals surface area contributed by atoms with E-state index in [0.717, 1.165) is 17.6 Å². The molecule has 0 saturated carbocycles. The minimum absolute atomic E-state index is 0.260. The van der Waals surface area contributed by atoms with Crippen LogP contribution in [0.3, 0.4) is 0 Å². The number of aromatic amines is 1. The standard InChI is InChI=1S/C13H18FN3OS/c1-16(2)5-7-18-8-6-17-12-9-10(14)3-4-11(12)15-13(17)19/h3-4,9H,5-8H2,1-2H3,(H,15,19). The molecule has 0 aliphatic rings. The van der Waals surface area contributed by atoms with Gasteiger partial charge in [-0.15, -0.1) is 0 Å². The first-order valence-corrected chi connectivity index (χ1v) is 6.59. The molecule has 0 saturated heterocycles. The van der Waals surface area contributed by atoms with Crippen molar-refractivity contribution >= 4 is 23.3 Å². The maximum absolute atomic E-state index is 13.3. The predicted molar refractivity (Wildman–Crippen MR) is 76.5 cm³/mol. The SMILES string of the molecule is CN(C)CCOCCn1c(=S)[nH]c2ccc(F)cc21. The van der Waals surface area contributed by atoms with Gasteiger partial charge in [0.05, 0.1) is 24.2 Å². The predicted octanol–water partition coefficient (Wildman–Crippen LogP) is 2.42. The van der Waals surface area contributed by atoms with E-state index in [1.807, 2.05) is 18.7 Å². The van der Waals surface area contributed by atoms with Crippen molar-refractivity contribution < 1.29 is 9.13 Å². The molecule has 0 radical (unpaired) electrons. The van der Waals surface area contributed by atoms with Crippen molar-refractivity contribution in [3.8, 4) is 0 Å². The fourth-order valence-corrected chi connectivity index (χ4v) is 2.15. The van der Waals surface area contributed by atoms with Crippen LogP contribution in [0.5, 0.6) is 0 Å². The topological polar surface area (TPSA) is 33.2 Å². The Balaban J connectivity index is 2.02. The second-order valence-electron chi connectivity index (χ2n) is 4.66. The quantitative estimate of drug-likeness (QED) is 0.653. The first kappa shape index (κ1) is 14.2. The van der Waals surface area contributed by atoms with Crippen LogP contribution in [0.15, 0.2) is 18.2 Å². The summed E-state index contributed by atoms with van der Waals surface area (Å²) < 4.78 is 21.3. The Morgan fingerprint density at radius 3 is 2.89 bits per heavy atom. The summed E-state index contributed by atoms with van der Waals surface area (Å²) in [5.74, 6) is -0.260. The number of benzene rings is 1. The van der Waals surface area contributed by atoms with E-state index in [0.29, 0.717) is 24.5 Å². The summed E-state index contributed by atoms with van der Waals surface area (Å²) in [6.07, 6.45) is 0. The van der Waals surface area contributed by atoms with Gasteiger partial charge in [-0.2, -0.15) is 0 Å². The van der Waals surface area contributed by atoms with Crippen molar-refractivity contribution in [1.29, 1.82) is 0 Å². The lowest BCUT2D eigenvalue weighted by Crippen LogP contribution is -2.19. The molecule has 1 aromatic heterocycles. The first-order valence-electron chi connectivity index (χ1n) is 6.18. The number of hydrogen-bond donors (Lipinski definition) is 1. The third kappa shape index (κ3) is 3.62. The van der Waals surface area contributed by atoms with Crippen molar-refractivity contribution in [3.63, 3.8) is 0 Å². The van der Waals surface area contributed by atoms with Crippen LogP contribution < -0.4 is 0 Å². The van der Waals surface area contributed by atoms with Crippen LogP contribution >= 0.6 is 12.2 Å². The van der Waals surface area contributed by atoms with Crippen LogP contribution in [-0.2, 0) is 11.3 Å². The molecule has 0 aliphatic carbocycles. The number of ether oxygens (including phenoxy) is 1. The van der Waals surface area contributed by atoms with E-state index < -0.39 is 0 Å². The lowest BCUT2D eigenvalue weighted by Gasteiger charge is -2.10. The van der Waals surface area contributed by atoms with Crippen molar-refractivity contribution in [1.82, 2.24) is 14.5 Å². The maximum atomic E-state index is 13.3. The zero-order chi connectivity index (χ0) is 13.8. The van der Waals surface area contributed by atoms with E-state index in [4.69, 9.17) is 17.0 Å². The highest BCUT2D eigenvalue weighted by Crippen LogP contribution is 2.15. The molecule has 0 aliphatic heterocycles. The number of hydrogen-bond acceptors (Lipinski definition) is 3. The van der Waals surface area contributed by atoms with Crippen LogP contribution in [0.25, 0.3) is 11.0 Å². The summed E-state index contributed by atoms with van der Waals surface area (Å²) in [4.78, 5) is 5.12. The van der Waals surface area contributed by atoms with Gasteiger partial charge in [-0.25, -0.2) is 4.39 Å². The number of nitrogens with one attached hydrogen (secondary N) is 1. The summed E-state index contributed by atoms with van der Waals surface area (Å²) in [5.41, 5.74) is 1.63. The first-order chi connectivity index (χ1) is 9.08. The Bertz CT molecular complexity index is 605. The van der Waals surface area contributed by atoms with Crippen LogP contribution in [0, 0.1) is 10.6 Å². The molecule has 1 N–H and O–H groups in total. The van der Waals surface area contributed by atoms with Crippen LogP contribution in [0.2, 0.25) is 0 Å². The van der Waals surface area contributed by atoms with Gasteiger partial charge >= 0.3 is 0 Å². The number of H-pyrrole nitrogens is 1. The molecule has 2 aromatic rings. The van der Waals surface area contributed by atoms with Gasteiger partial charge in [0.1, 0.15) is 5.82 Å². The van der Waals surface area contributed by atoms with Gasteiger partial charge in [-0.1, -0.05) is 0 Å². The Morgan fingerprint density at radius 1 is 1.37 bits per heavy atom. The molecule has 0 bridgehead atoms. The third-order valence-electron chi connectivity index (χ3n) is 2.88. The molecule has 2 rings (SSSR count). The lowest BCUT2D eigenvalue weighted by molar-refractivity contribution is 0.111. The summed E-state index contributed by atoms with van der Waals surface area (Å²) in [7, 11) is 4.00. The maximum Gasteiger partial charge on any atom is 0.178 e. The van der Waals surface area contributed by atoms with E-state index in [1.165, 1.54) is 12.1 Å². The second-order valence-corrected chi connectivity index (χ2v) is 5.05. The Labute approximate surface area is 116 Å². The number of rotatable bonds is 6. The molecule has 104 valence electrons. The number of halogens is 1. The number of fused-ring (bicyclic) bond motifs is 1. The van der Waals surface area contributed by atoms with E-state index in [2.05, 4.69) is 9.88 Å². The minimum atomic E-state index is -0.260. The summed E-state index contributed by atoms with van der Waals surface area (Å²) >= 11 is 5.24. The molecule has 0 spiro atoms. The zero-order valence-electron chi connectivity index (χ0n) is 11.1. The largest absolute Gasteiger partial charge is 0.378 e. The van der Waals surface area contributed by atoms with E-state index >= 15 is 0 Å². The molecule has 0 unspecified atom stereocenters. The highest BCUT2D eigenvalue weighted by molar-refractivity contribution is 7.71. The number of imidazole rings is 1. The molecular formula is C13H18FN3OS. The van der Waals surface area contributed by atoms with Gasteiger partial charge in [-0.3, -0.25) is 0 Å². The van der Waals surface area contributed by atoms with E-state index in [1.54, 1.807) is 6.07 Å². The fourth-order valence-electron chi connectivity index (χ4n) is 1.85. The molecule has 0 atom stereocenters. The minimum Gasteiger partial charge on any atom is -0.378 e. The normalized spacial score (nSPS) is 11.6. The Hall–Kier alpha value is -1.24. The molecule has 4 nitrogen and oxygen atoms in total. The monoisotopic (exact) mass is 283 g/mol. The Morgan fingerprint density at radius 2 is 2.16 bits per heavy atom. The van der Waals surface area contributed by atoms with Gasteiger partial charge in [0, 0.05) is 13.1 Å². The van der Waals surface area contributed by atoms with Gasteiger partial charge in [0.2, 0.25) is 0 Å². The average Bonchev–Trinajstić information content (AvgIpc) is 2.65. The van der Waals surface area contributed by atoms with Crippen molar-refractivity contribution in [3.05, 3.63) is 28.8 Å². The summed E-state index contributed by atoms with van der Waals surface area (Å²) in [6, 6.07) is 4.61. The van der Waals surface area contributed by atoms with Gasteiger partial charge in [0.15, 0.2) is 4.77 Å². The van der Waals surface area contributed by atoms with E-state index in [-0.39, 0.29) is 5.82 Å². The average molecular weight is 283 g/mol. The highest BCUT2D eigenvalue weighted by atomic mass is 32.1. The van der Waals surface area contributed by atoms with E-state index in [9.17, 15) is 4.39 Å². The van der Waals surface area contributed by atoms with Crippen LogP contribution in [-0.4, -0.2) is 48.3 Å². The number of nitrogens with zero attached hydrogens (tertiary/aromatic N) is 2.